The van der Waals surface area contributed by atoms with Crippen LogP contribution in [0.15, 0.2) is 83.9 Å². The van der Waals surface area contributed by atoms with Gasteiger partial charge in [0.15, 0.2) is 11.6 Å². The third-order valence-corrected chi connectivity index (χ3v) is 5.77. The molecule has 0 atom stereocenters. The van der Waals surface area contributed by atoms with Crippen LogP contribution < -0.4 is 10.6 Å². The molecule has 0 aliphatic carbocycles. The first-order chi connectivity index (χ1) is 16.5. The van der Waals surface area contributed by atoms with Gasteiger partial charge in [-0.05, 0) is 53.6 Å². The third-order valence-electron chi connectivity index (χ3n) is 5.77. The Labute approximate surface area is 196 Å². The summed E-state index contributed by atoms with van der Waals surface area (Å²) in [5.74, 6) is -0.914. The summed E-state index contributed by atoms with van der Waals surface area (Å²) in [7, 11) is 0. The SMILES string of the molecule is O=C1C/C(=C\c2cccc(/C=C3\CC(=O)Nc4ccccc4C3=O)c2)C(=O)c2ccccc2N1. The maximum absolute atomic E-state index is 13.1. The molecule has 6 heteroatoms. The first kappa shape index (κ1) is 21.3. The minimum atomic E-state index is -0.253. The van der Waals surface area contributed by atoms with Gasteiger partial charge in [-0.2, -0.15) is 0 Å². The molecule has 2 aliphatic rings. The fourth-order valence-electron chi connectivity index (χ4n) is 4.20. The number of hydrogen-bond donors (Lipinski definition) is 2. The molecule has 6 nitrogen and oxygen atoms in total. The maximum atomic E-state index is 13.1. The summed E-state index contributed by atoms with van der Waals surface area (Å²) in [5.41, 5.74) is 4.11. The number of rotatable bonds is 2. The summed E-state index contributed by atoms with van der Waals surface area (Å²) in [6.07, 6.45) is 3.33. The zero-order chi connectivity index (χ0) is 23.7. The van der Waals surface area contributed by atoms with E-state index in [1.807, 2.05) is 24.3 Å². The molecule has 3 aromatic rings. The molecule has 0 aromatic heterocycles. The van der Waals surface area contributed by atoms with Gasteiger partial charge in [-0.1, -0.05) is 42.5 Å². The van der Waals surface area contributed by atoms with Crippen molar-refractivity contribution in [1.29, 1.82) is 0 Å². The van der Waals surface area contributed by atoms with Gasteiger partial charge in [-0.25, -0.2) is 0 Å². The lowest BCUT2D eigenvalue weighted by Crippen LogP contribution is -2.10. The molecule has 0 fully saturated rings. The largest absolute Gasteiger partial charge is 0.325 e. The number of Topliss-reactive ketones (excluding diaryl/α,β-unsaturated/α-hetero) is 2. The Morgan fingerprint density at radius 1 is 0.559 bits per heavy atom. The Kier molecular flexibility index (Phi) is 5.47. The van der Waals surface area contributed by atoms with Gasteiger partial charge in [0.25, 0.3) is 0 Å². The van der Waals surface area contributed by atoms with Gasteiger partial charge in [0.1, 0.15) is 0 Å². The average molecular weight is 448 g/mol. The van der Waals surface area contributed by atoms with Crippen molar-refractivity contribution in [3.05, 3.63) is 106 Å². The van der Waals surface area contributed by atoms with Crippen molar-refractivity contribution in [1.82, 2.24) is 0 Å². The summed E-state index contributed by atoms with van der Waals surface area (Å²) in [4.78, 5) is 50.8. The van der Waals surface area contributed by atoms with Gasteiger partial charge in [0, 0.05) is 22.3 Å². The Hall–Kier alpha value is -4.58. The second-order valence-electron chi connectivity index (χ2n) is 8.21. The highest BCUT2D eigenvalue weighted by atomic mass is 16.2. The lowest BCUT2D eigenvalue weighted by atomic mass is 9.96. The van der Waals surface area contributed by atoms with E-state index in [1.165, 1.54) is 0 Å². The molecule has 2 heterocycles. The Morgan fingerprint density at radius 2 is 1.00 bits per heavy atom. The highest BCUT2D eigenvalue weighted by Crippen LogP contribution is 2.28. The van der Waals surface area contributed by atoms with Gasteiger partial charge < -0.3 is 10.6 Å². The van der Waals surface area contributed by atoms with Crippen molar-refractivity contribution in [3.63, 3.8) is 0 Å². The minimum absolute atomic E-state index is 0.0335. The van der Waals surface area contributed by atoms with E-state index < -0.39 is 0 Å². The van der Waals surface area contributed by atoms with Crippen LogP contribution in [0.1, 0.15) is 44.7 Å². The van der Waals surface area contributed by atoms with Crippen LogP contribution in [0.5, 0.6) is 0 Å². The quantitative estimate of drug-likeness (QED) is 0.545. The minimum Gasteiger partial charge on any atom is -0.325 e. The number of carbonyl (C=O) groups is 4. The van der Waals surface area contributed by atoms with Crippen LogP contribution in [0.25, 0.3) is 12.2 Å². The van der Waals surface area contributed by atoms with Crippen LogP contribution in [0, 0.1) is 0 Å². The number of benzene rings is 3. The standard InChI is InChI=1S/C28H20N2O4/c31-25-15-19(27(33)21-8-1-3-10-23(21)29-25)13-17-6-5-7-18(12-17)14-20-16-26(32)30-24-11-4-2-9-22(24)28(20)34/h1-14H,15-16H2,(H,29,31)(H,30,32)/b19-13+,20-14+. The summed E-state index contributed by atoms with van der Waals surface area (Å²) in [6.45, 7) is 0. The molecule has 0 radical (unpaired) electrons. The molecule has 0 saturated heterocycles. The molecule has 2 N–H and O–H groups in total. The van der Waals surface area contributed by atoms with Gasteiger partial charge >= 0.3 is 0 Å². The van der Waals surface area contributed by atoms with Crippen LogP contribution in [0.3, 0.4) is 0 Å². The molecule has 0 bridgehead atoms. The van der Waals surface area contributed by atoms with E-state index in [4.69, 9.17) is 0 Å². The van der Waals surface area contributed by atoms with E-state index in [9.17, 15) is 19.2 Å². The monoisotopic (exact) mass is 448 g/mol. The van der Waals surface area contributed by atoms with Crippen LogP contribution in [0.2, 0.25) is 0 Å². The van der Waals surface area contributed by atoms with Gasteiger partial charge in [-0.15, -0.1) is 0 Å². The zero-order valence-electron chi connectivity index (χ0n) is 18.1. The molecule has 0 spiro atoms. The molecule has 166 valence electrons. The number of amides is 2. The number of hydrogen-bond acceptors (Lipinski definition) is 4. The smallest absolute Gasteiger partial charge is 0.228 e. The molecule has 3 aromatic carbocycles. The van der Waals surface area contributed by atoms with E-state index >= 15 is 0 Å². The lowest BCUT2D eigenvalue weighted by molar-refractivity contribution is -0.116. The van der Waals surface area contributed by atoms with Gasteiger partial charge in [0.2, 0.25) is 11.8 Å². The first-order valence-corrected chi connectivity index (χ1v) is 10.9. The molecular weight excluding hydrogens is 428 g/mol. The number of fused-ring (bicyclic) bond motifs is 2. The van der Waals surface area contributed by atoms with E-state index in [-0.39, 0.29) is 36.2 Å². The third kappa shape index (κ3) is 4.21. The van der Waals surface area contributed by atoms with E-state index in [1.54, 1.807) is 60.7 Å². The van der Waals surface area contributed by atoms with Crippen molar-refractivity contribution in [2.75, 3.05) is 10.6 Å². The predicted molar refractivity (Wildman–Crippen MR) is 130 cm³/mol. The summed E-state index contributed by atoms with van der Waals surface area (Å²) in [6, 6.07) is 21.1. The van der Waals surface area contributed by atoms with Crippen LogP contribution in [-0.2, 0) is 9.59 Å². The summed E-state index contributed by atoms with van der Waals surface area (Å²) >= 11 is 0. The van der Waals surface area contributed by atoms with E-state index in [0.717, 1.165) is 11.1 Å². The fourth-order valence-corrected chi connectivity index (χ4v) is 4.20. The fraction of sp³-hybridized carbons (Fsp3) is 0.0714. The topological polar surface area (TPSA) is 92.3 Å². The van der Waals surface area contributed by atoms with Gasteiger partial charge in [-0.3, -0.25) is 19.2 Å². The number of anilines is 2. The Morgan fingerprint density at radius 3 is 1.47 bits per heavy atom. The van der Waals surface area contributed by atoms with Crippen LogP contribution >= 0.6 is 0 Å². The molecular formula is C28H20N2O4. The van der Waals surface area contributed by atoms with Crippen molar-refractivity contribution >= 4 is 46.9 Å². The van der Waals surface area contributed by atoms with Crippen molar-refractivity contribution in [3.8, 4) is 0 Å². The van der Waals surface area contributed by atoms with Gasteiger partial charge in [0.05, 0.1) is 24.2 Å². The first-order valence-electron chi connectivity index (χ1n) is 10.9. The average Bonchev–Trinajstić information content (AvgIpc) is 3.02. The van der Waals surface area contributed by atoms with E-state index in [0.29, 0.717) is 33.6 Å². The normalized spacial score (nSPS) is 18.0. The zero-order valence-corrected chi connectivity index (χ0v) is 18.1. The second-order valence-corrected chi connectivity index (χ2v) is 8.21. The van der Waals surface area contributed by atoms with Crippen LogP contribution in [0.4, 0.5) is 11.4 Å². The number of carbonyl (C=O) groups excluding carboxylic acids is 4. The van der Waals surface area contributed by atoms with Crippen molar-refractivity contribution in [2.45, 2.75) is 12.8 Å². The predicted octanol–water partition coefficient (Wildman–Crippen LogP) is 4.90. The van der Waals surface area contributed by atoms with E-state index in [2.05, 4.69) is 10.6 Å². The molecule has 0 saturated carbocycles. The molecule has 34 heavy (non-hydrogen) atoms. The lowest BCUT2D eigenvalue weighted by Gasteiger charge is -2.06. The number of nitrogens with one attached hydrogen (secondary N) is 2. The molecule has 2 aliphatic heterocycles. The Balaban J connectivity index is 1.50. The summed E-state index contributed by atoms with van der Waals surface area (Å²) in [5, 5.41) is 5.54. The van der Waals surface area contributed by atoms with Crippen molar-refractivity contribution < 1.29 is 19.2 Å². The second kappa shape index (κ2) is 8.75. The number of para-hydroxylation sites is 2. The molecule has 5 rings (SSSR count). The molecule has 0 unspecified atom stereocenters. The van der Waals surface area contributed by atoms with Crippen molar-refractivity contribution in [2.24, 2.45) is 0 Å². The molecule has 2 amide bonds. The summed E-state index contributed by atoms with van der Waals surface area (Å²) < 4.78 is 0. The maximum Gasteiger partial charge on any atom is 0.228 e. The highest BCUT2D eigenvalue weighted by molar-refractivity contribution is 6.21. The highest BCUT2D eigenvalue weighted by Gasteiger charge is 2.25. The number of ketones is 2. The van der Waals surface area contributed by atoms with Crippen LogP contribution in [-0.4, -0.2) is 23.4 Å². The Bertz CT molecular complexity index is 1330.